The molecule has 21 heavy (non-hydrogen) atoms. The van der Waals surface area contributed by atoms with Crippen LogP contribution in [0.2, 0.25) is 0 Å². The number of thioether (sulfide) groups is 1. The molecule has 6 heteroatoms. The molecule has 1 rings (SSSR count). The Morgan fingerprint density at radius 1 is 1.29 bits per heavy atom. The van der Waals surface area contributed by atoms with E-state index in [9.17, 15) is 9.59 Å². The summed E-state index contributed by atoms with van der Waals surface area (Å²) in [6, 6.07) is -0.540. The van der Waals surface area contributed by atoms with E-state index >= 15 is 0 Å². The lowest BCUT2D eigenvalue weighted by molar-refractivity contribution is -0.128. The molecule has 0 aromatic heterocycles. The van der Waals surface area contributed by atoms with Crippen molar-refractivity contribution in [1.82, 2.24) is 10.2 Å². The highest BCUT2D eigenvalue weighted by atomic mass is 32.2. The van der Waals surface area contributed by atoms with Crippen LogP contribution in [0.3, 0.4) is 0 Å². The van der Waals surface area contributed by atoms with Crippen LogP contribution in [0.5, 0.6) is 0 Å². The number of amides is 2. The predicted octanol–water partition coefficient (Wildman–Crippen LogP) is 2.85. The molecule has 1 N–H and O–H groups in total. The van der Waals surface area contributed by atoms with Crippen LogP contribution >= 0.6 is 11.8 Å². The van der Waals surface area contributed by atoms with Crippen LogP contribution in [0.15, 0.2) is 0 Å². The van der Waals surface area contributed by atoms with Gasteiger partial charge in [0.05, 0.1) is 12.5 Å². The summed E-state index contributed by atoms with van der Waals surface area (Å²) >= 11 is 1.65. The molecule has 0 aromatic carbocycles. The number of carbonyl (C=O) groups is 2. The standard InChI is InChI=1S/C15H28N2O3S/c1-9(2)12-17(13(19)20-8)10(15(6,7)21-12)11(18)16-14(3,4)5/h9-10,12H,1-8H3,(H,16,18)/t10-,12+/m1/s1. The van der Waals surface area contributed by atoms with Gasteiger partial charge >= 0.3 is 6.09 Å². The average molecular weight is 316 g/mol. The molecule has 1 aliphatic heterocycles. The van der Waals surface area contributed by atoms with Crippen molar-refractivity contribution in [3.8, 4) is 0 Å². The molecule has 2 atom stereocenters. The van der Waals surface area contributed by atoms with Crippen molar-refractivity contribution >= 4 is 23.8 Å². The summed E-state index contributed by atoms with van der Waals surface area (Å²) < 4.78 is 4.55. The van der Waals surface area contributed by atoms with Crippen molar-refractivity contribution in [1.29, 1.82) is 0 Å². The van der Waals surface area contributed by atoms with Gasteiger partial charge < -0.3 is 10.1 Å². The Morgan fingerprint density at radius 2 is 1.81 bits per heavy atom. The van der Waals surface area contributed by atoms with Crippen LogP contribution in [0, 0.1) is 5.92 Å². The van der Waals surface area contributed by atoms with Gasteiger partial charge in [-0.25, -0.2) is 4.79 Å². The first kappa shape index (κ1) is 18.1. The largest absolute Gasteiger partial charge is 0.453 e. The predicted molar refractivity (Wildman–Crippen MR) is 86.2 cm³/mol. The number of hydrogen-bond donors (Lipinski definition) is 1. The second kappa shape index (κ2) is 6.07. The molecule has 1 fully saturated rings. The maximum absolute atomic E-state index is 12.7. The summed E-state index contributed by atoms with van der Waals surface area (Å²) in [5, 5.41) is 2.92. The maximum Gasteiger partial charge on any atom is 0.411 e. The van der Waals surface area contributed by atoms with Gasteiger partial charge in [0.2, 0.25) is 5.91 Å². The van der Waals surface area contributed by atoms with E-state index in [2.05, 4.69) is 5.32 Å². The van der Waals surface area contributed by atoms with Gasteiger partial charge in [-0.15, -0.1) is 11.8 Å². The van der Waals surface area contributed by atoms with Gasteiger partial charge in [-0.1, -0.05) is 13.8 Å². The first-order chi connectivity index (χ1) is 9.40. The number of hydrogen-bond acceptors (Lipinski definition) is 4. The third kappa shape index (κ3) is 4.05. The second-order valence-corrected chi connectivity index (χ2v) is 9.15. The second-order valence-electron chi connectivity index (χ2n) is 7.37. The number of rotatable bonds is 2. The molecule has 5 nitrogen and oxygen atoms in total. The lowest BCUT2D eigenvalue weighted by atomic mass is 9.98. The van der Waals surface area contributed by atoms with Crippen LogP contribution < -0.4 is 5.32 Å². The Balaban J connectivity index is 3.16. The first-order valence-electron chi connectivity index (χ1n) is 7.27. The van der Waals surface area contributed by atoms with Crippen molar-refractivity contribution in [2.24, 2.45) is 5.92 Å². The molecule has 0 radical (unpaired) electrons. The molecular weight excluding hydrogens is 288 g/mol. The fourth-order valence-electron chi connectivity index (χ4n) is 2.57. The van der Waals surface area contributed by atoms with Crippen LogP contribution in [-0.4, -0.2) is 45.7 Å². The van der Waals surface area contributed by atoms with Crippen molar-refractivity contribution in [2.75, 3.05) is 7.11 Å². The number of ether oxygens (including phenoxy) is 1. The maximum atomic E-state index is 12.7. The summed E-state index contributed by atoms with van der Waals surface area (Å²) in [5.41, 5.74) is -0.338. The number of methoxy groups -OCH3 is 1. The van der Waals surface area contributed by atoms with Crippen LogP contribution in [-0.2, 0) is 9.53 Å². The Morgan fingerprint density at radius 3 is 2.19 bits per heavy atom. The van der Waals surface area contributed by atoms with Gasteiger partial charge in [0.25, 0.3) is 0 Å². The van der Waals surface area contributed by atoms with E-state index in [1.807, 2.05) is 48.5 Å². The first-order valence-corrected chi connectivity index (χ1v) is 8.15. The SMILES string of the molecule is COC(=O)N1[C@H](C(C)C)SC(C)(C)[C@H]1C(=O)NC(C)(C)C. The Bertz CT molecular complexity index is 416. The fraction of sp³-hybridized carbons (Fsp3) is 0.867. The highest BCUT2D eigenvalue weighted by molar-refractivity contribution is 8.01. The lowest BCUT2D eigenvalue weighted by Crippen LogP contribution is -2.58. The molecule has 1 aliphatic rings. The average Bonchev–Trinajstić information content (AvgIpc) is 2.57. The number of nitrogens with zero attached hydrogens (tertiary/aromatic N) is 1. The third-order valence-corrected chi connectivity index (χ3v) is 5.18. The van der Waals surface area contributed by atoms with E-state index in [0.29, 0.717) is 0 Å². The Hall–Kier alpha value is -0.910. The molecule has 0 spiro atoms. The zero-order valence-corrected chi connectivity index (χ0v) is 15.1. The molecule has 0 unspecified atom stereocenters. The van der Waals surface area contributed by atoms with E-state index in [4.69, 9.17) is 4.74 Å². The smallest absolute Gasteiger partial charge is 0.411 e. The van der Waals surface area contributed by atoms with E-state index in [-0.39, 0.29) is 27.5 Å². The van der Waals surface area contributed by atoms with E-state index in [0.717, 1.165) is 0 Å². The normalized spacial score (nSPS) is 25.1. The molecule has 0 aliphatic carbocycles. The van der Waals surface area contributed by atoms with Crippen molar-refractivity contribution in [3.05, 3.63) is 0 Å². The van der Waals surface area contributed by atoms with E-state index < -0.39 is 12.1 Å². The quantitative estimate of drug-likeness (QED) is 0.851. The van der Waals surface area contributed by atoms with Crippen LogP contribution in [0.1, 0.15) is 48.5 Å². The van der Waals surface area contributed by atoms with Crippen LogP contribution in [0.25, 0.3) is 0 Å². The van der Waals surface area contributed by atoms with Gasteiger partial charge in [-0.3, -0.25) is 9.69 Å². The van der Waals surface area contributed by atoms with E-state index in [1.54, 1.807) is 16.7 Å². The van der Waals surface area contributed by atoms with Gasteiger partial charge in [0, 0.05) is 10.3 Å². The zero-order valence-electron chi connectivity index (χ0n) is 14.3. The van der Waals surface area contributed by atoms with Crippen molar-refractivity contribution < 1.29 is 14.3 Å². The van der Waals surface area contributed by atoms with Gasteiger partial charge in [0.15, 0.2) is 0 Å². The Labute approximate surface area is 132 Å². The highest BCUT2D eigenvalue weighted by Crippen LogP contribution is 2.47. The molecule has 1 heterocycles. The monoisotopic (exact) mass is 316 g/mol. The molecule has 0 aromatic rings. The summed E-state index contributed by atoms with van der Waals surface area (Å²) in [7, 11) is 1.36. The van der Waals surface area contributed by atoms with Crippen molar-refractivity contribution in [3.63, 3.8) is 0 Å². The minimum atomic E-state index is -0.540. The summed E-state index contributed by atoms with van der Waals surface area (Å²) in [6.07, 6.45) is -0.444. The molecule has 0 saturated carbocycles. The summed E-state index contributed by atoms with van der Waals surface area (Å²) in [5.74, 6) is 0.106. The van der Waals surface area contributed by atoms with Crippen molar-refractivity contribution in [2.45, 2.75) is 70.2 Å². The van der Waals surface area contributed by atoms with Gasteiger partial charge in [-0.05, 0) is 40.5 Å². The van der Waals surface area contributed by atoms with E-state index in [1.165, 1.54) is 7.11 Å². The van der Waals surface area contributed by atoms with Crippen LogP contribution in [0.4, 0.5) is 4.79 Å². The van der Waals surface area contributed by atoms with Gasteiger partial charge in [-0.2, -0.15) is 0 Å². The molecule has 1 saturated heterocycles. The van der Waals surface area contributed by atoms with Gasteiger partial charge in [0.1, 0.15) is 6.04 Å². The molecule has 2 amide bonds. The molecule has 122 valence electrons. The fourth-order valence-corrected chi connectivity index (χ4v) is 4.13. The number of carbonyl (C=O) groups excluding carboxylic acids is 2. The lowest BCUT2D eigenvalue weighted by Gasteiger charge is -2.34. The third-order valence-electron chi connectivity index (χ3n) is 3.34. The highest BCUT2D eigenvalue weighted by Gasteiger charge is 2.54. The minimum absolute atomic E-state index is 0.0665. The topological polar surface area (TPSA) is 58.6 Å². The zero-order chi connectivity index (χ0) is 16.6. The Kier molecular flexibility index (Phi) is 5.24. The number of nitrogens with one attached hydrogen (secondary N) is 1. The molecular formula is C15H28N2O3S. The summed E-state index contributed by atoms with van der Waals surface area (Å²) in [6.45, 7) is 13.9. The summed E-state index contributed by atoms with van der Waals surface area (Å²) in [4.78, 5) is 26.5. The molecule has 0 bridgehead atoms. The minimum Gasteiger partial charge on any atom is -0.453 e.